The standard InChI is InChI=1S/C13H14N2O2S/c1-9-7-10(8-12(16)15-9)13(17)14-5-4-11-3-2-6-18-11/h2-3,6-8H,4-5H2,1H3,(H,14,17)(H,15,16). The van der Waals surface area contributed by atoms with Gasteiger partial charge in [-0.05, 0) is 30.9 Å². The zero-order valence-corrected chi connectivity index (χ0v) is 10.8. The van der Waals surface area contributed by atoms with Crippen LogP contribution in [-0.2, 0) is 6.42 Å². The molecular weight excluding hydrogens is 248 g/mol. The molecule has 2 aromatic rings. The lowest BCUT2D eigenvalue weighted by molar-refractivity contribution is 0.0954. The Labute approximate surface area is 109 Å². The summed E-state index contributed by atoms with van der Waals surface area (Å²) in [6, 6.07) is 7.01. The average molecular weight is 262 g/mol. The monoisotopic (exact) mass is 262 g/mol. The van der Waals surface area contributed by atoms with E-state index in [-0.39, 0.29) is 11.5 Å². The summed E-state index contributed by atoms with van der Waals surface area (Å²) in [5.41, 5.74) is 0.840. The first kappa shape index (κ1) is 12.6. The Balaban J connectivity index is 1.93. The van der Waals surface area contributed by atoms with E-state index < -0.39 is 0 Å². The van der Waals surface area contributed by atoms with E-state index >= 15 is 0 Å². The smallest absolute Gasteiger partial charge is 0.251 e. The number of aromatic amines is 1. The molecule has 0 saturated carbocycles. The van der Waals surface area contributed by atoms with Crippen LogP contribution in [-0.4, -0.2) is 17.4 Å². The SMILES string of the molecule is Cc1cc(C(=O)NCCc2cccs2)cc(=O)[nH]1. The average Bonchev–Trinajstić information content (AvgIpc) is 2.80. The van der Waals surface area contributed by atoms with Crippen LogP contribution in [0.25, 0.3) is 0 Å². The Bertz CT molecular complexity index is 587. The third-order valence-electron chi connectivity index (χ3n) is 2.48. The topological polar surface area (TPSA) is 62.0 Å². The number of carbonyl (C=O) groups is 1. The second-order valence-electron chi connectivity index (χ2n) is 4.00. The van der Waals surface area contributed by atoms with Crippen LogP contribution in [0.15, 0.2) is 34.4 Å². The van der Waals surface area contributed by atoms with Crippen LogP contribution in [0.2, 0.25) is 0 Å². The molecule has 2 aromatic heterocycles. The van der Waals surface area contributed by atoms with Gasteiger partial charge in [-0.2, -0.15) is 0 Å². The van der Waals surface area contributed by atoms with Gasteiger partial charge in [-0.1, -0.05) is 6.07 Å². The van der Waals surface area contributed by atoms with E-state index in [4.69, 9.17) is 0 Å². The molecule has 0 bridgehead atoms. The lowest BCUT2D eigenvalue weighted by atomic mass is 10.2. The molecule has 5 heteroatoms. The molecule has 0 saturated heterocycles. The number of hydrogen-bond donors (Lipinski definition) is 2. The van der Waals surface area contributed by atoms with E-state index in [9.17, 15) is 9.59 Å². The number of aryl methyl sites for hydroxylation is 1. The molecule has 0 spiro atoms. The predicted octanol–water partition coefficient (Wildman–Crippen LogP) is 1.72. The summed E-state index contributed by atoms with van der Waals surface area (Å²) >= 11 is 1.67. The summed E-state index contributed by atoms with van der Waals surface area (Å²) in [7, 11) is 0. The Hall–Kier alpha value is -1.88. The molecule has 0 aromatic carbocycles. The van der Waals surface area contributed by atoms with Gasteiger partial charge in [-0.15, -0.1) is 11.3 Å². The number of pyridine rings is 1. The largest absolute Gasteiger partial charge is 0.352 e. The number of hydrogen-bond acceptors (Lipinski definition) is 3. The van der Waals surface area contributed by atoms with Gasteiger partial charge in [0.15, 0.2) is 0 Å². The zero-order chi connectivity index (χ0) is 13.0. The Morgan fingerprint density at radius 2 is 2.28 bits per heavy atom. The van der Waals surface area contributed by atoms with Gasteiger partial charge in [0, 0.05) is 28.7 Å². The van der Waals surface area contributed by atoms with Gasteiger partial charge in [0.1, 0.15) is 0 Å². The van der Waals surface area contributed by atoms with Gasteiger partial charge in [0.05, 0.1) is 0 Å². The molecule has 0 atom stereocenters. The quantitative estimate of drug-likeness (QED) is 0.881. The highest BCUT2D eigenvalue weighted by atomic mass is 32.1. The van der Waals surface area contributed by atoms with E-state index in [0.29, 0.717) is 17.8 Å². The molecule has 0 aliphatic heterocycles. The molecule has 0 unspecified atom stereocenters. The minimum absolute atomic E-state index is 0.208. The summed E-state index contributed by atoms with van der Waals surface area (Å²) in [6.07, 6.45) is 0.811. The second-order valence-corrected chi connectivity index (χ2v) is 5.03. The first-order valence-corrected chi connectivity index (χ1v) is 6.54. The number of aromatic nitrogens is 1. The van der Waals surface area contributed by atoms with Crippen molar-refractivity contribution in [2.75, 3.05) is 6.54 Å². The van der Waals surface area contributed by atoms with Crippen LogP contribution in [0.3, 0.4) is 0 Å². The molecule has 2 heterocycles. The highest BCUT2D eigenvalue weighted by Crippen LogP contribution is 2.08. The number of amides is 1. The second kappa shape index (κ2) is 5.64. The van der Waals surface area contributed by atoms with Crippen LogP contribution in [0.5, 0.6) is 0 Å². The molecular formula is C13H14N2O2S. The lowest BCUT2D eigenvalue weighted by Gasteiger charge is -2.04. The Morgan fingerprint density at radius 1 is 1.44 bits per heavy atom. The van der Waals surface area contributed by atoms with Crippen LogP contribution in [0, 0.1) is 6.92 Å². The minimum atomic E-state index is -0.251. The Kier molecular flexibility index (Phi) is 3.94. The van der Waals surface area contributed by atoms with Gasteiger partial charge in [0.2, 0.25) is 5.56 Å². The molecule has 4 nitrogen and oxygen atoms in total. The summed E-state index contributed by atoms with van der Waals surface area (Å²) in [4.78, 5) is 26.9. The van der Waals surface area contributed by atoms with Crippen LogP contribution >= 0.6 is 11.3 Å². The van der Waals surface area contributed by atoms with Gasteiger partial charge in [0.25, 0.3) is 5.91 Å². The van der Waals surface area contributed by atoms with E-state index in [1.54, 1.807) is 24.3 Å². The number of thiophene rings is 1. The van der Waals surface area contributed by atoms with Crippen LogP contribution < -0.4 is 10.9 Å². The minimum Gasteiger partial charge on any atom is -0.352 e. The zero-order valence-electron chi connectivity index (χ0n) is 10.0. The summed E-state index contributed by atoms with van der Waals surface area (Å²) in [5.74, 6) is -0.208. The van der Waals surface area contributed by atoms with Crippen LogP contribution in [0.1, 0.15) is 20.9 Å². The third kappa shape index (κ3) is 3.30. The lowest BCUT2D eigenvalue weighted by Crippen LogP contribution is -2.27. The van der Waals surface area contributed by atoms with Crippen molar-refractivity contribution in [1.29, 1.82) is 0 Å². The molecule has 0 radical (unpaired) electrons. The molecule has 1 amide bonds. The van der Waals surface area contributed by atoms with Gasteiger partial charge in [-0.25, -0.2) is 0 Å². The van der Waals surface area contributed by atoms with E-state index in [0.717, 1.165) is 6.42 Å². The molecule has 2 N–H and O–H groups in total. The van der Waals surface area contributed by atoms with Crippen molar-refractivity contribution in [3.05, 3.63) is 56.1 Å². The molecule has 0 aliphatic rings. The first-order chi connectivity index (χ1) is 8.65. The van der Waals surface area contributed by atoms with Crippen molar-refractivity contribution in [3.8, 4) is 0 Å². The van der Waals surface area contributed by atoms with Crippen molar-refractivity contribution >= 4 is 17.2 Å². The maximum absolute atomic E-state index is 11.8. The van der Waals surface area contributed by atoms with Crippen molar-refractivity contribution in [2.45, 2.75) is 13.3 Å². The molecule has 2 rings (SSSR count). The molecule has 18 heavy (non-hydrogen) atoms. The normalized spacial score (nSPS) is 10.3. The first-order valence-electron chi connectivity index (χ1n) is 5.67. The fourth-order valence-corrected chi connectivity index (χ4v) is 2.38. The van der Waals surface area contributed by atoms with Crippen molar-refractivity contribution < 1.29 is 4.79 Å². The fraction of sp³-hybridized carbons (Fsp3) is 0.231. The van der Waals surface area contributed by atoms with Gasteiger partial charge >= 0.3 is 0 Å². The number of nitrogens with one attached hydrogen (secondary N) is 2. The summed E-state index contributed by atoms with van der Waals surface area (Å²) < 4.78 is 0. The van der Waals surface area contributed by atoms with Gasteiger partial charge in [-0.3, -0.25) is 9.59 Å². The van der Waals surface area contributed by atoms with E-state index in [1.165, 1.54) is 10.9 Å². The van der Waals surface area contributed by atoms with Crippen molar-refractivity contribution in [1.82, 2.24) is 10.3 Å². The summed E-state index contributed by atoms with van der Waals surface area (Å²) in [5, 5.41) is 4.82. The van der Waals surface area contributed by atoms with Crippen molar-refractivity contribution in [3.63, 3.8) is 0 Å². The highest BCUT2D eigenvalue weighted by Gasteiger charge is 2.06. The number of rotatable bonds is 4. The van der Waals surface area contributed by atoms with Gasteiger partial charge < -0.3 is 10.3 Å². The predicted molar refractivity (Wildman–Crippen MR) is 72.2 cm³/mol. The number of H-pyrrole nitrogens is 1. The molecule has 0 aliphatic carbocycles. The van der Waals surface area contributed by atoms with Crippen LogP contribution in [0.4, 0.5) is 0 Å². The molecule has 94 valence electrons. The summed E-state index contributed by atoms with van der Waals surface area (Å²) in [6.45, 7) is 2.33. The van der Waals surface area contributed by atoms with E-state index in [2.05, 4.69) is 10.3 Å². The van der Waals surface area contributed by atoms with E-state index in [1.807, 2.05) is 17.5 Å². The third-order valence-corrected chi connectivity index (χ3v) is 3.41. The highest BCUT2D eigenvalue weighted by molar-refractivity contribution is 7.09. The molecule has 0 fully saturated rings. The number of carbonyl (C=O) groups excluding carboxylic acids is 1. The fourth-order valence-electron chi connectivity index (χ4n) is 1.67. The maximum atomic E-state index is 11.8. The maximum Gasteiger partial charge on any atom is 0.251 e. The Morgan fingerprint density at radius 3 is 2.94 bits per heavy atom. The van der Waals surface area contributed by atoms with Crippen molar-refractivity contribution in [2.24, 2.45) is 0 Å².